The van der Waals surface area contributed by atoms with Crippen LogP contribution in [-0.4, -0.2) is 58.2 Å². The van der Waals surface area contributed by atoms with Crippen LogP contribution in [0.15, 0.2) is 18.3 Å². The van der Waals surface area contributed by atoms with Gasteiger partial charge in [0.2, 0.25) is 0 Å². The fraction of sp³-hybridized carbons (Fsp3) is 0.500. The molecule has 0 spiro atoms. The summed E-state index contributed by atoms with van der Waals surface area (Å²) in [4.78, 5) is 30.1. The Hall–Kier alpha value is -2.82. The highest BCUT2D eigenvalue weighted by atomic mass is 32.1. The van der Waals surface area contributed by atoms with E-state index >= 15 is 0 Å². The Labute approximate surface area is 202 Å². The van der Waals surface area contributed by atoms with Gasteiger partial charge in [0, 0.05) is 31.0 Å². The van der Waals surface area contributed by atoms with Crippen LogP contribution in [0.1, 0.15) is 46.9 Å². The Bertz CT molecular complexity index is 1230. The molecule has 180 valence electrons. The van der Waals surface area contributed by atoms with Crippen LogP contribution in [-0.2, 0) is 17.6 Å². The van der Waals surface area contributed by atoms with Crippen LogP contribution in [0.4, 0.5) is 11.5 Å². The number of thiophene rings is 1. The van der Waals surface area contributed by atoms with E-state index in [1.807, 2.05) is 20.8 Å². The van der Waals surface area contributed by atoms with Gasteiger partial charge in [-0.25, -0.2) is 15.0 Å². The summed E-state index contributed by atoms with van der Waals surface area (Å²) in [5, 5.41) is 3.16. The zero-order chi connectivity index (χ0) is 24.0. The predicted molar refractivity (Wildman–Crippen MR) is 134 cm³/mol. The first-order chi connectivity index (χ1) is 16.3. The average molecular weight is 482 g/mol. The van der Waals surface area contributed by atoms with Gasteiger partial charge in [-0.2, -0.15) is 0 Å². The number of aromatic nitrogens is 3. The maximum Gasteiger partial charge on any atom is 0.263 e. The van der Waals surface area contributed by atoms with Crippen LogP contribution >= 0.6 is 11.3 Å². The van der Waals surface area contributed by atoms with E-state index in [-0.39, 0.29) is 30.2 Å². The summed E-state index contributed by atoms with van der Waals surface area (Å²) in [5.74, 6) is 0.778. The third-order valence-corrected chi connectivity index (χ3v) is 7.52. The number of anilines is 2. The van der Waals surface area contributed by atoms with Gasteiger partial charge in [0.15, 0.2) is 0 Å². The zero-order valence-corrected chi connectivity index (χ0v) is 20.6. The van der Waals surface area contributed by atoms with E-state index in [1.165, 1.54) is 16.9 Å². The largest absolute Gasteiger partial charge is 0.396 e. The summed E-state index contributed by atoms with van der Waals surface area (Å²) < 4.78 is 5.96. The summed E-state index contributed by atoms with van der Waals surface area (Å²) in [6.07, 6.45) is 4.22. The number of nitrogens with one attached hydrogen (secondary N) is 1. The molecule has 5 N–H and O–H groups in total. The molecule has 3 unspecified atom stereocenters. The molecule has 9 nitrogen and oxygen atoms in total. The maximum absolute atomic E-state index is 13.0. The number of hydrogen-bond acceptors (Lipinski definition) is 9. The van der Waals surface area contributed by atoms with Crippen molar-refractivity contribution in [2.75, 3.05) is 23.7 Å². The second-order valence-corrected chi connectivity index (χ2v) is 10.5. The lowest BCUT2D eigenvalue weighted by Crippen LogP contribution is -2.39. The van der Waals surface area contributed by atoms with Gasteiger partial charge < -0.3 is 26.4 Å². The summed E-state index contributed by atoms with van der Waals surface area (Å²) in [6.45, 7) is 7.43. The number of rotatable bonds is 5. The van der Waals surface area contributed by atoms with Crippen molar-refractivity contribution in [2.24, 2.45) is 5.73 Å². The monoisotopic (exact) mass is 481 g/mol. The highest BCUT2D eigenvalue weighted by molar-refractivity contribution is 7.21. The van der Waals surface area contributed by atoms with Gasteiger partial charge >= 0.3 is 0 Å². The van der Waals surface area contributed by atoms with Gasteiger partial charge in [-0.05, 0) is 51.7 Å². The molecule has 3 aromatic heterocycles. The van der Waals surface area contributed by atoms with Crippen LogP contribution in [0.5, 0.6) is 0 Å². The normalized spacial score (nSPS) is 22.4. The van der Waals surface area contributed by atoms with Crippen molar-refractivity contribution >= 4 is 39.1 Å². The first-order valence-electron chi connectivity index (χ1n) is 11.8. The topological polar surface area (TPSA) is 132 Å². The van der Waals surface area contributed by atoms with Crippen molar-refractivity contribution in [3.05, 3.63) is 40.2 Å². The minimum absolute atomic E-state index is 0.0181. The van der Waals surface area contributed by atoms with Gasteiger partial charge in [0.1, 0.15) is 21.0 Å². The molecule has 1 amide bonds. The highest BCUT2D eigenvalue weighted by Gasteiger charge is 2.33. The number of aryl methyl sites for hydroxylation is 2. The molecule has 3 atom stereocenters. The average Bonchev–Trinajstić information content (AvgIpc) is 3.32. The molecule has 1 aliphatic heterocycles. The van der Waals surface area contributed by atoms with Gasteiger partial charge in [-0.3, -0.25) is 4.79 Å². The van der Waals surface area contributed by atoms with Crippen molar-refractivity contribution in [1.29, 1.82) is 0 Å². The molecule has 3 aromatic rings. The quantitative estimate of drug-likeness (QED) is 0.505. The molecule has 1 aliphatic carbocycles. The van der Waals surface area contributed by atoms with Gasteiger partial charge in [-0.15, -0.1) is 11.3 Å². The van der Waals surface area contributed by atoms with Crippen LogP contribution in [0.25, 0.3) is 10.3 Å². The Balaban J connectivity index is 1.25. The van der Waals surface area contributed by atoms with Crippen LogP contribution in [0, 0.1) is 6.92 Å². The molecular formula is C24H31N7O2S. The third kappa shape index (κ3) is 4.45. The smallest absolute Gasteiger partial charge is 0.263 e. The number of amides is 1. The molecule has 1 saturated heterocycles. The lowest BCUT2D eigenvalue weighted by atomic mass is 9.91. The zero-order valence-electron chi connectivity index (χ0n) is 19.7. The lowest BCUT2D eigenvalue weighted by molar-refractivity contribution is 0.0127. The number of hydrogen-bond donors (Lipinski definition) is 3. The molecule has 34 heavy (non-hydrogen) atoms. The SMILES string of the molecule is Cc1cnc2c(N)c(C(=O)NC3CCc4nc(N5CC(N)C(OC(C)C)C5)ccc4C3)sc2n1. The van der Waals surface area contributed by atoms with Gasteiger partial charge in [0.25, 0.3) is 5.91 Å². The molecule has 2 aliphatic rings. The van der Waals surface area contributed by atoms with E-state index in [0.29, 0.717) is 20.9 Å². The van der Waals surface area contributed by atoms with Crippen molar-refractivity contribution in [3.8, 4) is 0 Å². The van der Waals surface area contributed by atoms with Crippen LogP contribution in [0.2, 0.25) is 0 Å². The molecule has 0 radical (unpaired) electrons. The highest BCUT2D eigenvalue weighted by Crippen LogP contribution is 2.31. The molecule has 0 saturated carbocycles. The van der Waals surface area contributed by atoms with E-state index in [2.05, 4.69) is 32.3 Å². The Kier molecular flexibility index (Phi) is 6.13. The number of pyridine rings is 1. The summed E-state index contributed by atoms with van der Waals surface area (Å²) in [6, 6.07) is 4.19. The predicted octanol–water partition coefficient (Wildman–Crippen LogP) is 2.21. The summed E-state index contributed by atoms with van der Waals surface area (Å²) in [5.41, 5.74) is 16.6. The third-order valence-electron chi connectivity index (χ3n) is 6.43. The number of nitrogens with two attached hydrogens (primary N) is 2. The van der Waals surface area contributed by atoms with Crippen LogP contribution in [0.3, 0.4) is 0 Å². The molecule has 1 fully saturated rings. The van der Waals surface area contributed by atoms with E-state index in [9.17, 15) is 4.79 Å². The number of nitrogens with zero attached hydrogens (tertiary/aromatic N) is 4. The Morgan fingerprint density at radius 1 is 1.29 bits per heavy atom. The lowest BCUT2D eigenvalue weighted by Gasteiger charge is -2.26. The van der Waals surface area contributed by atoms with E-state index in [1.54, 1.807) is 6.20 Å². The Morgan fingerprint density at radius 3 is 2.91 bits per heavy atom. The van der Waals surface area contributed by atoms with Gasteiger partial charge in [-0.1, -0.05) is 6.07 Å². The number of ether oxygens (including phenoxy) is 1. The molecule has 5 rings (SSSR count). The van der Waals surface area contributed by atoms with E-state index in [4.69, 9.17) is 21.2 Å². The van der Waals surface area contributed by atoms with Crippen molar-refractivity contribution in [3.63, 3.8) is 0 Å². The van der Waals surface area contributed by atoms with E-state index in [0.717, 1.165) is 49.6 Å². The molecular weight excluding hydrogens is 450 g/mol. The molecule has 4 heterocycles. The number of carbonyl (C=O) groups excluding carboxylic acids is 1. The second-order valence-electron chi connectivity index (χ2n) is 9.49. The van der Waals surface area contributed by atoms with Gasteiger partial charge in [0.05, 0.1) is 29.6 Å². The van der Waals surface area contributed by atoms with Crippen molar-refractivity contribution in [2.45, 2.75) is 64.3 Å². The fourth-order valence-corrected chi connectivity index (χ4v) is 5.77. The minimum Gasteiger partial charge on any atom is -0.396 e. The molecule has 0 aromatic carbocycles. The minimum atomic E-state index is -0.166. The number of nitrogen functional groups attached to an aromatic ring is 1. The summed E-state index contributed by atoms with van der Waals surface area (Å²) >= 11 is 1.29. The summed E-state index contributed by atoms with van der Waals surface area (Å²) in [7, 11) is 0. The second kappa shape index (κ2) is 9.09. The van der Waals surface area contributed by atoms with Crippen molar-refractivity contribution in [1.82, 2.24) is 20.3 Å². The van der Waals surface area contributed by atoms with E-state index < -0.39 is 0 Å². The molecule has 10 heteroatoms. The van der Waals surface area contributed by atoms with Crippen molar-refractivity contribution < 1.29 is 9.53 Å². The Morgan fingerprint density at radius 2 is 2.12 bits per heavy atom. The molecule has 0 bridgehead atoms. The number of fused-ring (bicyclic) bond motifs is 2. The first kappa shape index (κ1) is 22.9. The maximum atomic E-state index is 13.0. The first-order valence-corrected chi connectivity index (χ1v) is 12.6. The van der Waals surface area contributed by atoms with Crippen LogP contribution < -0.4 is 21.7 Å². The fourth-order valence-electron chi connectivity index (χ4n) is 4.77. The standard InChI is InChI=1S/C24H31N7O2S/c1-12(2)33-18-11-31(10-16(18)25)19-7-4-14-8-15(5-6-17(14)30-19)29-23(32)22-20(26)21-24(34-22)28-13(3)9-27-21/h4,7,9,12,15-16,18H,5-6,8,10-11,25-26H2,1-3H3,(H,29,32). The number of carbonyl (C=O) groups is 1.